The smallest absolute Gasteiger partial charge is 0.338 e. The van der Waals surface area contributed by atoms with E-state index in [-0.39, 0.29) is 24.4 Å². The number of esters is 1. The summed E-state index contributed by atoms with van der Waals surface area (Å²) in [7, 11) is 1.58. The molecule has 0 unspecified atom stereocenters. The first-order chi connectivity index (χ1) is 16.9. The third-order valence-corrected chi connectivity index (χ3v) is 5.55. The first-order valence-corrected chi connectivity index (χ1v) is 11.9. The third kappa shape index (κ3) is 7.35. The maximum absolute atomic E-state index is 12.5. The molecule has 0 atom stereocenters. The summed E-state index contributed by atoms with van der Waals surface area (Å²) in [6, 6.07) is 14.0. The Kier molecular flexibility index (Phi) is 9.31. The number of para-hydroxylation sites is 2. The SMILES string of the molecule is C=CCn1c(COc2ccccc2OC)nnc1SCC(=O)Nc1cccc(C(=O)OC(C)C)c1. The van der Waals surface area contributed by atoms with Crippen molar-refractivity contribution in [2.45, 2.75) is 38.3 Å². The Hall–Kier alpha value is -3.79. The number of methoxy groups -OCH3 is 1. The minimum Gasteiger partial charge on any atom is -0.493 e. The van der Waals surface area contributed by atoms with Crippen LogP contribution in [0.15, 0.2) is 66.3 Å². The summed E-state index contributed by atoms with van der Waals surface area (Å²) >= 11 is 1.24. The molecule has 0 radical (unpaired) electrons. The zero-order valence-electron chi connectivity index (χ0n) is 19.9. The number of rotatable bonds is 12. The predicted molar refractivity (Wildman–Crippen MR) is 134 cm³/mol. The molecule has 184 valence electrons. The van der Waals surface area contributed by atoms with E-state index in [0.717, 1.165) is 0 Å². The van der Waals surface area contributed by atoms with Gasteiger partial charge < -0.3 is 19.5 Å². The number of nitrogens with one attached hydrogen (secondary N) is 1. The summed E-state index contributed by atoms with van der Waals surface area (Å²) in [6.45, 7) is 7.98. The second kappa shape index (κ2) is 12.6. The standard InChI is InChI=1S/C25H28N4O5S/c1-5-13-29-22(15-33-21-12-7-6-11-20(21)32-4)27-28-25(29)35-16-23(30)26-19-10-8-9-18(14-19)24(31)34-17(2)3/h5-12,14,17H,1,13,15-16H2,2-4H3,(H,26,30). The van der Waals surface area contributed by atoms with Gasteiger partial charge in [0, 0.05) is 12.2 Å². The molecule has 0 aliphatic carbocycles. The van der Waals surface area contributed by atoms with Gasteiger partial charge >= 0.3 is 5.97 Å². The van der Waals surface area contributed by atoms with Crippen molar-refractivity contribution >= 4 is 29.3 Å². The highest BCUT2D eigenvalue weighted by atomic mass is 32.2. The summed E-state index contributed by atoms with van der Waals surface area (Å²) in [4.78, 5) is 24.6. The van der Waals surface area contributed by atoms with Gasteiger partial charge in [-0.05, 0) is 44.2 Å². The van der Waals surface area contributed by atoms with E-state index in [0.29, 0.717) is 40.3 Å². The molecule has 1 amide bonds. The van der Waals surface area contributed by atoms with Gasteiger partial charge in [0.25, 0.3) is 0 Å². The van der Waals surface area contributed by atoms with Crippen LogP contribution in [-0.4, -0.2) is 45.6 Å². The molecule has 3 aromatic rings. The van der Waals surface area contributed by atoms with Gasteiger partial charge in [-0.15, -0.1) is 16.8 Å². The number of ether oxygens (including phenoxy) is 3. The van der Waals surface area contributed by atoms with Crippen LogP contribution in [0.3, 0.4) is 0 Å². The second-order valence-electron chi connectivity index (χ2n) is 7.61. The van der Waals surface area contributed by atoms with Crippen molar-refractivity contribution < 1.29 is 23.8 Å². The molecule has 35 heavy (non-hydrogen) atoms. The van der Waals surface area contributed by atoms with Crippen LogP contribution in [0.2, 0.25) is 0 Å². The number of allylic oxidation sites excluding steroid dienone is 1. The van der Waals surface area contributed by atoms with Gasteiger partial charge in [-0.2, -0.15) is 0 Å². The summed E-state index contributed by atoms with van der Waals surface area (Å²) < 4.78 is 18.2. The minimum atomic E-state index is -0.439. The second-order valence-corrected chi connectivity index (χ2v) is 8.55. The van der Waals surface area contributed by atoms with Crippen LogP contribution in [0.1, 0.15) is 30.0 Å². The predicted octanol–water partition coefficient (Wildman–Crippen LogP) is 4.35. The minimum absolute atomic E-state index is 0.101. The Balaban J connectivity index is 1.61. The van der Waals surface area contributed by atoms with Crippen LogP contribution in [0, 0.1) is 0 Å². The molecule has 10 heteroatoms. The lowest BCUT2D eigenvalue weighted by Gasteiger charge is -2.11. The lowest BCUT2D eigenvalue weighted by Crippen LogP contribution is -2.16. The highest BCUT2D eigenvalue weighted by Crippen LogP contribution is 2.27. The van der Waals surface area contributed by atoms with Gasteiger partial charge in [0.1, 0.15) is 6.61 Å². The van der Waals surface area contributed by atoms with Crippen molar-refractivity contribution in [3.63, 3.8) is 0 Å². The number of nitrogens with zero attached hydrogens (tertiary/aromatic N) is 3. The average molecular weight is 497 g/mol. The van der Waals surface area contributed by atoms with E-state index in [4.69, 9.17) is 14.2 Å². The molecule has 1 heterocycles. The van der Waals surface area contributed by atoms with Crippen molar-refractivity contribution in [1.82, 2.24) is 14.8 Å². The van der Waals surface area contributed by atoms with E-state index in [1.54, 1.807) is 51.3 Å². The molecule has 0 spiro atoms. The van der Waals surface area contributed by atoms with E-state index >= 15 is 0 Å². The van der Waals surface area contributed by atoms with Crippen LogP contribution < -0.4 is 14.8 Å². The molecule has 9 nitrogen and oxygen atoms in total. The number of carbonyl (C=O) groups is 2. The van der Waals surface area contributed by atoms with Gasteiger partial charge in [-0.3, -0.25) is 9.36 Å². The number of aromatic nitrogens is 3. The molecule has 2 aromatic carbocycles. The molecule has 0 bridgehead atoms. The van der Waals surface area contributed by atoms with Crippen molar-refractivity contribution in [1.29, 1.82) is 0 Å². The first-order valence-electron chi connectivity index (χ1n) is 10.9. The monoisotopic (exact) mass is 496 g/mol. The average Bonchev–Trinajstić information content (AvgIpc) is 3.23. The normalized spacial score (nSPS) is 10.6. The molecular weight excluding hydrogens is 468 g/mol. The molecule has 0 aliphatic heterocycles. The van der Waals surface area contributed by atoms with Gasteiger partial charge in [0.15, 0.2) is 22.5 Å². The number of benzene rings is 2. The summed E-state index contributed by atoms with van der Waals surface area (Å²) in [5, 5.41) is 11.8. The van der Waals surface area contributed by atoms with Gasteiger partial charge in [-0.1, -0.05) is 36.0 Å². The van der Waals surface area contributed by atoms with Gasteiger partial charge in [0.05, 0.1) is 24.5 Å². The molecule has 0 saturated heterocycles. The Morgan fingerprint density at radius 3 is 2.63 bits per heavy atom. The van der Waals surface area contributed by atoms with Crippen LogP contribution in [-0.2, 0) is 22.7 Å². The maximum Gasteiger partial charge on any atom is 0.338 e. The highest BCUT2D eigenvalue weighted by Gasteiger charge is 2.16. The van der Waals surface area contributed by atoms with Gasteiger partial charge in [0.2, 0.25) is 5.91 Å². The largest absolute Gasteiger partial charge is 0.493 e. The summed E-state index contributed by atoms with van der Waals surface area (Å²) in [5.41, 5.74) is 0.877. The molecule has 0 fully saturated rings. The number of carbonyl (C=O) groups excluding carboxylic acids is 2. The molecule has 1 aromatic heterocycles. The Labute approximate surface area is 208 Å². The maximum atomic E-state index is 12.5. The Morgan fingerprint density at radius 1 is 1.14 bits per heavy atom. The van der Waals surface area contributed by atoms with Gasteiger partial charge in [-0.25, -0.2) is 4.79 Å². The Morgan fingerprint density at radius 2 is 1.91 bits per heavy atom. The lowest BCUT2D eigenvalue weighted by atomic mass is 10.2. The fourth-order valence-corrected chi connectivity index (χ4v) is 3.83. The number of hydrogen-bond acceptors (Lipinski definition) is 8. The summed E-state index contributed by atoms with van der Waals surface area (Å²) in [6.07, 6.45) is 1.50. The summed E-state index contributed by atoms with van der Waals surface area (Å²) in [5.74, 6) is 1.22. The van der Waals surface area contributed by atoms with E-state index < -0.39 is 5.97 Å². The van der Waals surface area contributed by atoms with Crippen molar-refractivity contribution in [2.75, 3.05) is 18.2 Å². The van der Waals surface area contributed by atoms with E-state index in [9.17, 15) is 9.59 Å². The lowest BCUT2D eigenvalue weighted by molar-refractivity contribution is -0.113. The van der Waals surface area contributed by atoms with Crippen LogP contribution in [0.4, 0.5) is 5.69 Å². The number of hydrogen-bond donors (Lipinski definition) is 1. The fourth-order valence-electron chi connectivity index (χ4n) is 3.06. The molecule has 1 N–H and O–H groups in total. The topological polar surface area (TPSA) is 105 Å². The number of anilines is 1. The number of amides is 1. The third-order valence-electron chi connectivity index (χ3n) is 4.59. The fraction of sp³-hybridized carbons (Fsp3) is 0.280. The van der Waals surface area contributed by atoms with E-state index in [1.165, 1.54) is 11.8 Å². The number of thioether (sulfide) groups is 1. The zero-order valence-corrected chi connectivity index (χ0v) is 20.7. The first kappa shape index (κ1) is 25.8. The van der Waals surface area contributed by atoms with Crippen LogP contribution in [0.25, 0.3) is 0 Å². The quantitative estimate of drug-likeness (QED) is 0.224. The van der Waals surface area contributed by atoms with E-state index in [1.807, 2.05) is 28.8 Å². The van der Waals surface area contributed by atoms with Crippen molar-refractivity contribution in [3.05, 3.63) is 72.6 Å². The zero-order chi connectivity index (χ0) is 25.2. The van der Waals surface area contributed by atoms with Crippen molar-refractivity contribution in [3.8, 4) is 11.5 Å². The highest BCUT2D eigenvalue weighted by molar-refractivity contribution is 7.99. The van der Waals surface area contributed by atoms with Crippen molar-refractivity contribution in [2.24, 2.45) is 0 Å². The van der Waals surface area contributed by atoms with Crippen LogP contribution >= 0.6 is 11.8 Å². The van der Waals surface area contributed by atoms with Crippen LogP contribution in [0.5, 0.6) is 11.5 Å². The molecule has 0 aliphatic rings. The molecule has 3 rings (SSSR count). The molecular formula is C25H28N4O5S. The molecule has 0 saturated carbocycles. The Bertz CT molecular complexity index is 1180. The van der Waals surface area contributed by atoms with E-state index in [2.05, 4.69) is 22.1 Å².